The highest BCUT2D eigenvalue weighted by Crippen LogP contribution is 2.20. The zero-order valence-corrected chi connectivity index (χ0v) is 10.8. The van der Waals surface area contributed by atoms with Crippen molar-refractivity contribution in [2.24, 2.45) is 0 Å². The van der Waals surface area contributed by atoms with E-state index in [0.717, 1.165) is 17.7 Å². The first-order valence-corrected chi connectivity index (χ1v) is 6.80. The molecule has 0 aliphatic rings. The molecule has 0 saturated heterocycles. The van der Waals surface area contributed by atoms with Crippen LogP contribution in [0.15, 0.2) is 45.9 Å². The van der Waals surface area contributed by atoms with Crippen molar-refractivity contribution >= 4 is 21.7 Å². The number of hydrogen-bond acceptors (Lipinski definition) is 4. The number of aryl methyl sites for hydroxylation is 1. The molecule has 1 heterocycles. The standard InChI is InChI=1S/C12H11NO5S/c1-8-4-2-3-5-9(8)13-19(16,17)11-7-6-10(18-11)12(14)15/h2-7,13H,1H3,(H,14,15). The Bertz CT molecular complexity index is 717. The maximum atomic E-state index is 12.0. The van der Waals surface area contributed by atoms with E-state index in [-0.39, 0.29) is 0 Å². The normalized spacial score (nSPS) is 11.2. The molecule has 0 atom stereocenters. The van der Waals surface area contributed by atoms with Gasteiger partial charge in [0.15, 0.2) is 0 Å². The van der Waals surface area contributed by atoms with Crippen molar-refractivity contribution in [1.82, 2.24) is 0 Å². The van der Waals surface area contributed by atoms with Crippen molar-refractivity contribution in [3.05, 3.63) is 47.7 Å². The minimum absolute atomic E-state index is 0.413. The van der Waals surface area contributed by atoms with Gasteiger partial charge in [0.05, 0.1) is 5.69 Å². The Morgan fingerprint density at radius 3 is 2.47 bits per heavy atom. The fourth-order valence-corrected chi connectivity index (χ4v) is 2.53. The Hall–Kier alpha value is -2.28. The summed E-state index contributed by atoms with van der Waals surface area (Å²) < 4.78 is 31.1. The van der Waals surface area contributed by atoms with Crippen LogP contribution in [-0.2, 0) is 10.0 Å². The van der Waals surface area contributed by atoms with Crippen LogP contribution in [0.4, 0.5) is 5.69 Å². The second-order valence-corrected chi connectivity index (χ2v) is 5.46. The number of carboxylic acid groups (broad SMARTS) is 1. The van der Waals surface area contributed by atoms with E-state index in [4.69, 9.17) is 9.52 Å². The monoisotopic (exact) mass is 281 g/mol. The lowest BCUT2D eigenvalue weighted by molar-refractivity contribution is 0.0656. The fraction of sp³-hybridized carbons (Fsp3) is 0.0833. The molecule has 6 nitrogen and oxygen atoms in total. The van der Waals surface area contributed by atoms with Gasteiger partial charge in [-0.15, -0.1) is 0 Å². The molecule has 0 aliphatic heterocycles. The average Bonchev–Trinajstić information content (AvgIpc) is 2.82. The summed E-state index contributed by atoms with van der Waals surface area (Å²) in [5, 5.41) is 8.25. The van der Waals surface area contributed by atoms with E-state index in [9.17, 15) is 13.2 Å². The number of sulfonamides is 1. The summed E-state index contributed by atoms with van der Waals surface area (Å²) in [5.74, 6) is -1.75. The Morgan fingerprint density at radius 2 is 1.89 bits per heavy atom. The van der Waals surface area contributed by atoms with Crippen LogP contribution in [0.5, 0.6) is 0 Å². The first kappa shape index (κ1) is 13.2. The smallest absolute Gasteiger partial charge is 0.371 e. The van der Waals surface area contributed by atoms with Crippen LogP contribution >= 0.6 is 0 Å². The van der Waals surface area contributed by atoms with E-state index in [1.165, 1.54) is 0 Å². The largest absolute Gasteiger partial charge is 0.475 e. The third kappa shape index (κ3) is 2.76. The Balaban J connectivity index is 2.32. The first-order chi connectivity index (χ1) is 8.90. The number of anilines is 1. The van der Waals surface area contributed by atoms with E-state index >= 15 is 0 Å². The zero-order valence-electron chi connectivity index (χ0n) is 9.95. The molecular formula is C12H11NO5S. The van der Waals surface area contributed by atoms with Gasteiger partial charge in [-0.2, -0.15) is 8.42 Å². The minimum Gasteiger partial charge on any atom is -0.475 e. The van der Waals surface area contributed by atoms with Crippen molar-refractivity contribution in [2.45, 2.75) is 12.0 Å². The SMILES string of the molecule is Cc1ccccc1NS(=O)(=O)c1ccc(C(=O)O)o1. The Labute approximate surface area is 109 Å². The van der Waals surface area contributed by atoms with Gasteiger partial charge >= 0.3 is 5.97 Å². The summed E-state index contributed by atoms with van der Waals surface area (Å²) >= 11 is 0. The molecule has 0 saturated carbocycles. The van der Waals surface area contributed by atoms with Gasteiger partial charge in [0.25, 0.3) is 10.0 Å². The molecule has 2 N–H and O–H groups in total. The number of aromatic carboxylic acids is 1. The highest BCUT2D eigenvalue weighted by Gasteiger charge is 2.21. The van der Waals surface area contributed by atoms with E-state index < -0.39 is 26.8 Å². The number of benzene rings is 1. The first-order valence-electron chi connectivity index (χ1n) is 5.32. The van der Waals surface area contributed by atoms with Crippen LogP contribution in [0.2, 0.25) is 0 Å². The van der Waals surface area contributed by atoms with Crippen LogP contribution < -0.4 is 4.72 Å². The van der Waals surface area contributed by atoms with Gasteiger partial charge < -0.3 is 9.52 Å². The van der Waals surface area contributed by atoms with Crippen molar-refractivity contribution in [2.75, 3.05) is 4.72 Å². The van der Waals surface area contributed by atoms with Crippen molar-refractivity contribution < 1.29 is 22.7 Å². The van der Waals surface area contributed by atoms with Gasteiger partial charge in [0, 0.05) is 0 Å². The van der Waals surface area contributed by atoms with Gasteiger partial charge in [0.1, 0.15) is 0 Å². The molecule has 0 bridgehead atoms. The second kappa shape index (κ2) is 4.77. The lowest BCUT2D eigenvalue weighted by atomic mass is 10.2. The number of furan rings is 1. The number of carbonyl (C=O) groups is 1. The molecular weight excluding hydrogens is 270 g/mol. The molecule has 2 aromatic rings. The fourth-order valence-electron chi connectivity index (χ4n) is 1.46. The number of rotatable bonds is 4. The van der Waals surface area contributed by atoms with Crippen molar-refractivity contribution in [3.8, 4) is 0 Å². The van der Waals surface area contributed by atoms with E-state index in [0.29, 0.717) is 5.69 Å². The van der Waals surface area contributed by atoms with Crippen LogP contribution in [0.3, 0.4) is 0 Å². The minimum atomic E-state index is -3.93. The van der Waals surface area contributed by atoms with Crippen molar-refractivity contribution in [3.63, 3.8) is 0 Å². The average molecular weight is 281 g/mol. The Morgan fingerprint density at radius 1 is 1.21 bits per heavy atom. The van der Waals surface area contributed by atoms with Crippen LogP contribution in [0.1, 0.15) is 16.1 Å². The lowest BCUT2D eigenvalue weighted by Crippen LogP contribution is -2.13. The van der Waals surface area contributed by atoms with Gasteiger partial charge in [-0.25, -0.2) is 4.79 Å². The number of para-hydroxylation sites is 1. The Kier molecular flexibility index (Phi) is 3.30. The van der Waals surface area contributed by atoms with Crippen LogP contribution in [0.25, 0.3) is 0 Å². The summed E-state index contributed by atoms with van der Waals surface area (Å²) in [6.07, 6.45) is 0. The molecule has 0 unspecified atom stereocenters. The van der Waals surface area contributed by atoms with Crippen LogP contribution in [-0.4, -0.2) is 19.5 Å². The van der Waals surface area contributed by atoms with Gasteiger partial charge in [0.2, 0.25) is 10.9 Å². The molecule has 100 valence electrons. The molecule has 0 radical (unpaired) electrons. The molecule has 7 heteroatoms. The van der Waals surface area contributed by atoms with Gasteiger partial charge in [-0.3, -0.25) is 4.72 Å². The number of nitrogens with one attached hydrogen (secondary N) is 1. The van der Waals surface area contributed by atoms with E-state index in [2.05, 4.69) is 4.72 Å². The maximum absolute atomic E-state index is 12.0. The molecule has 1 aromatic heterocycles. The molecule has 0 fully saturated rings. The molecule has 0 aliphatic carbocycles. The molecule has 19 heavy (non-hydrogen) atoms. The summed E-state index contributed by atoms with van der Waals surface area (Å²) in [6.45, 7) is 1.75. The summed E-state index contributed by atoms with van der Waals surface area (Å²) in [5.41, 5.74) is 1.16. The molecule has 1 aromatic carbocycles. The molecule has 0 spiro atoms. The summed E-state index contributed by atoms with van der Waals surface area (Å²) in [4.78, 5) is 10.6. The quantitative estimate of drug-likeness (QED) is 0.894. The summed E-state index contributed by atoms with van der Waals surface area (Å²) in [6, 6.07) is 9.02. The zero-order chi connectivity index (χ0) is 14.0. The highest BCUT2D eigenvalue weighted by atomic mass is 32.2. The van der Waals surface area contributed by atoms with Gasteiger partial charge in [-0.05, 0) is 30.7 Å². The predicted octanol–water partition coefficient (Wildman–Crippen LogP) is 2.09. The lowest BCUT2D eigenvalue weighted by Gasteiger charge is -2.07. The van der Waals surface area contributed by atoms with Crippen LogP contribution in [0, 0.1) is 6.92 Å². The third-order valence-electron chi connectivity index (χ3n) is 2.45. The predicted molar refractivity (Wildman–Crippen MR) is 67.7 cm³/mol. The topological polar surface area (TPSA) is 96.6 Å². The number of carboxylic acids is 1. The molecule has 0 amide bonds. The van der Waals surface area contributed by atoms with E-state index in [1.54, 1.807) is 31.2 Å². The van der Waals surface area contributed by atoms with E-state index in [1.807, 2.05) is 0 Å². The van der Waals surface area contributed by atoms with Crippen molar-refractivity contribution in [1.29, 1.82) is 0 Å². The summed E-state index contributed by atoms with van der Waals surface area (Å²) in [7, 11) is -3.93. The molecule has 2 rings (SSSR count). The number of hydrogen-bond donors (Lipinski definition) is 2. The van der Waals surface area contributed by atoms with Gasteiger partial charge in [-0.1, -0.05) is 18.2 Å². The highest BCUT2D eigenvalue weighted by molar-refractivity contribution is 7.92. The second-order valence-electron chi connectivity index (χ2n) is 3.84. The maximum Gasteiger partial charge on any atom is 0.371 e. The third-order valence-corrected chi connectivity index (χ3v) is 3.68.